The lowest BCUT2D eigenvalue weighted by Crippen LogP contribution is -2.55. The molecule has 2 heterocycles. The van der Waals surface area contributed by atoms with Gasteiger partial charge in [-0.05, 0) is 64.7 Å². The van der Waals surface area contributed by atoms with Gasteiger partial charge in [0.2, 0.25) is 0 Å². The summed E-state index contributed by atoms with van der Waals surface area (Å²) < 4.78 is 0. The van der Waals surface area contributed by atoms with Gasteiger partial charge in [-0.1, -0.05) is 84.9 Å². The lowest BCUT2D eigenvalue weighted by molar-refractivity contribution is 0.0485. The van der Waals surface area contributed by atoms with E-state index in [2.05, 4.69) is 35.2 Å². The van der Waals surface area contributed by atoms with Gasteiger partial charge in [-0.3, -0.25) is 14.6 Å². The van der Waals surface area contributed by atoms with E-state index in [1.807, 2.05) is 99.6 Å². The van der Waals surface area contributed by atoms with Crippen molar-refractivity contribution in [3.8, 4) is 0 Å². The van der Waals surface area contributed by atoms with Crippen molar-refractivity contribution in [1.82, 2.24) is 14.7 Å². The maximum atomic E-state index is 14.0. The third kappa shape index (κ3) is 5.35. The van der Waals surface area contributed by atoms with E-state index < -0.39 is 0 Å². The monoisotopic (exact) mass is 568 g/mol. The lowest BCUT2D eigenvalue weighted by Gasteiger charge is -2.43. The van der Waals surface area contributed by atoms with Crippen LogP contribution in [0, 0.1) is 0 Å². The van der Waals surface area contributed by atoms with E-state index in [-0.39, 0.29) is 11.9 Å². The van der Waals surface area contributed by atoms with Gasteiger partial charge in [-0.2, -0.15) is 0 Å². The summed E-state index contributed by atoms with van der Waals surface area (Å²) in [5.41, 5.74) is 2.57. The zero-order valence-corrected chi connectivity index (χ0v) is 24.3. The van der Waals surface area contributed by atoms with E-state index in [4.69, 9.17) is 0 Å². The quantitative estimate of drug-likeness (QED) is 0.216. The van der Waals surface area contributed by atoms with E-state index >= 15 is 0 Å². The molecule has 0 bridgehead atoms. The highest BCUT2D eigenvalue weighted by Crippen LogP contribution is 2.31. The highest BCUT2D eigenvalue weighted by Gasteiger charge is 2.33. The van der Waals surface area contributed by atoms with Crippen molar-refractivity contribution in [2.75, 3.05) is 44.2 Å². The molecule has 0 atom stereocenters. The molecule has 5 aromatic carbocycles. The number of hydrogen-bond donors (Lipinski definition) is 0. The number of nitrogens with zero attached hydrogens (tertiary/aromatic N) is 4. The second-order valence-corrected chi connectivity index (χ2v) is 11.5. The summed E-state index contributed by atoms with van der Waals surface area (Å²) >= 11 is 0. The van der Waals surface area contributed by atoms with Crippen LogP contribution in [0.2, 0.25) is 0 Å². The molecule has 5 aromatic rings. The Hall–Kier alpha value is -4.68. The topological polar surface area (TPSA) is 47.1 Å². The van der Waals surface area contributed by atoms with Crippen molar-refractivity contribution < 1.29 is 9.59 Å². The summed E-state index contributed by atoms with van der Waals surface area (Å²) in [5.74, 6) is 0.120. The number of piperazine rings is 1. The molecule has 43 heavy (non-hydrogen) atoms. The van der Waals surface area contributed by atoms with Gasteiger partial charge in [-0.15, -0.1) is 0 Å². The van der Waals surface area contributed by atoms with Crippen molar-refractivity contribution in [1.29, 1.82) is 0 Å². The highest BCUT2D eigenvalue weighted by atomic mass is 16.2. The van der Waals surface area contributed by atoms with E-state index in [0.29, 0.717) is 19.1 Å². The van der Waals surface area contributed by atoms with E-state index in [1.165, 1.54) is 0 Å². The average molecular weight is 569 g/mol. The second-order valence-electron chi connectivity index (χ2n) is 11.5. The molecular formula is C37H36N4O2. The number of likely N-dealkylation sites (tertiary alicyclic amines) is 1. The third-order valence-corrected chi connectivity index (χ3v) is 9.06. The number of para-hydroxylation sites is 2. The Labute approximate surface area is 252 Å². The molecule has 2 aliphatic rings. The van der Waals surface area contributed by atoms with Crippen LogP contribution < -0.4 is 4.90 Å². The zero-order chi connectivity index (χ0) is 29.2. The maximum Gasteiger partial charge on any atom is 0.329 e. The molecule has 6 heteroatoms. The van der Waals surface area contributed by atoms with Crippen LogP contribution in [0.25, 0.3) is 21.5 Å². The van der Waals surface area contributed by atoms with Crippen LogP contribution in [0.4, 0.5) is 16.2 Å². The van der Waals surface area contributed by atoms with Crippen LogP contribution in [0.3, 0.4) is 0 Å². The minimum absolute atomic E-state index is 0.0218. The fraction of sp³-hybridized carbons (Fsp3) is 0.243. The first-order valence-corrected chi connectivity index (χ1v) is 15.3. The second kappa shape index (κ2) is 11.9. The molecule has 3 amide bonds. The Bertz CT molecular complexity index is 1650. The molecule has 216 valence electrons. The van der Waals surface area contributed by atoms with Gasteiger partial charge in [0.05, 0.1) is 16.9 Å². The Morgan fingerprint density at radius 2 is 1.05 bits per heavy atom. The Balaban J connectivity index is 1.01. The fourth-order valence-electron chi connectivity index (χ4n) is 6.78. The molecule has 0 unspecified atom stereocenters. The normalized spacial score (nSPS) is 16.5. The van der Waals surface area contributed by atoms with Gasteiger partial charge < -0.3 is 9.80 Å². The number of amides is 3. The first-order chi connectivity index (χ1) is 21.2. The first kappa shape index (κ1) is 27.2. The summed E-state index contributed by atoms with van der Waals surface area (Å²) in [7, 11) is 0. The van der Waals surface area contributed by atoms with Crippen LogP contribution in [0.5, 0.6) is 0 Å². The number of benzene rings is 5. The number of anilines is 2. The largest absolute Gasteiger partial charge is 0.336 e. The van der Waals surface area contributed by atoms with E-state index in [0.717, 1.165) is 77.5 Å². The average Bonchev–Trinajstić information content (AvgIpc) is 3.08. The molecule has 6 nitrogen and oxygen atoms in total. The molecular weight excluding hydrogens is 532 g/mol. The van der Waals surface area contributed by atoms with Crippen molar-refractivity contribution >= 4 is 44.9 Å². The first-order valence-electron chi connectivity index (χ1n) is 15.3. The molecule has 0 saturated carbocycles. The molecule has 0 radical (unpaired) electrons. The van der Waals surface area contributed by atoms with Crippen LogP contribution >= 0.6 is 0 Å². The number of urea groups is 1. The molecule has 7 rings (SSSR count). The van der Waals surface area contributed by atoms with E-state index in [9.17, 15) is 9.59 Å². The van der Waals surface area contributed by atoms with Gasteiger partial charge in [0, 0.05) is 45.3 Å². The molecule has 2 saturated heterocycles. The summed E-state index contributed by atoms with van der Waals surface area (Å²) in [6.45, 7) is 4.58. The molecule has 0 aliphatic carbocycles. The van der Waals surface area contributed by atoms with Crippen molar-refractivity contribution in [2.45, 2.75) is 18.9 Å². The predicted octanol–water partition coefficient (Wildman–Crippen LogP) is 7.17. The van der Waals surface area contributed by atoms with Crippen LogP contribution in [-0.2, 0) is 0 Å². The number of hydrogen-bond acceptors (Lipinski definition) is 3. The maximum absolute atomic E-state index is 14.0. The Morgan fingerprint density at radius 3 is 1.58 bits per heavy atom. The lowest BCUT2D eigenvalue weighted by atomic mass is 9.95. The highest BCUT2D eigenvalue weighted by molar-refractivity contribution is 6.18. The van der Waals surface area contributed by atoms with Crippen molar-refractivity contribution in [2.24, 2.45) is 0 Å². The van der Waals surface area contributed by atoms with E-state index in [1.54, 1.807) is 0 Å². The summed E-state index contributed by atoms with van der Waals surface area (Å²) in [5, 5.41) is 4.24. The van der Waals surface area contributed by atoms with Gasteiger partial charge in [0.25, 0.3) is 5.91 Å². The third-order valence-electron chi connectivity index (χ3n) is 9.06. The van der Waals surface area contributed by atoms with Crippen LogP contribution in [-0.4, -0.2) is 71.9 Å². The molecule has 0 N–H and O–H groups in total. The molecule has 0 spiro atoms. The molecule has 2 aliphatic heterocycles. The summed E-state index contributed by atoms with van der Waals surface area (Å²) in [6.07, 6.45) is 1.87. The minimum Gasteiger partial charge on any atom is -0.336 e. The van der Waals surface area contributed by atoms with Crippen molar-refractivity contribution in [3.63, 3.8) is 0 Å². The number of piperidine rings is 1. The standard InChI is InChI=1S/C37H36N4O2/c42-36(35-33-17-9-7-11-28(33)27-29-12-8-10-18-34(29)35)39-25-23-38(24-26-39)30-19-21-40(22-20-30)37(43)41(31-13-3-1-4-14-31)32-15-5-2-6-16-32/h1-18,27,30H,19-26H2. The Morgan fingerprint density at radius 1 is 0.558 bits per heavy atom. The van der Waals surface area contributed by atoms with Gasteiger partial charge in [0.1, 0.15) is 0 Å². The molecule has 0 aromatic heterocycles. The summed E-state index contributed by atoms with van der Waals surface area (Å²) in [6, 6.07) is 38.8. The Kier molecular flexibility index (Phi) is 7.52. The number of fused-ring (bicyclic) bond motifs is 2. The van der Waals surface area contributed by atoms with Gasteiger partial charge >= 0.3 is 6.03 Å². The van der Waals surface area contributed by atoms with Crippen LogP contribution in [0.15, 0.2) is 115 Å². The van der Waals surface area contributed by atoms with Gasteiger partial charge in [0.15, 0.2) is 0 Å². The fourth-order valence-corrected chi connectivity index (χ4v) is 6.78. The summed E-state index contributed by atoms with van der Waals surface area (Å²) in [4.78, 5) is 36.2. The van der Waals surface area contributed by atoms with Crippen molar-refractivity contribution in [3.05, 3.63) is 121 Å². The number of carbonyl (C=O) groups is 2. The SMILES string of the molecule is O=C(c1c2ccccc2cc2ccccc12)N1CCN(C2CCN(C(=O)N(c3ccccc3)c3ccccc3)CC2)CC1. The number of rotatable bonds is 4. The molecule has 2 fully saturated rings. The smallest absolute Gasteiger partial charge is 0.329 e. The number of carbonyl (C=O) groups excluding carboxylic acids is 2. The zero-order valence-electron chi connectivity index (χ0n) is 24.3. The van der Waals surface area contributed by atoms with Gasteiger partial charge in [-0.25, -0.2) is 4.79 Å². The minimum atomic E-state index is 0.0218. The predicted molar refractivity (Wildman–Crippen MR) is 174 cm³/mol. The van der Waals surface area contributed by atoms with Crippen LogP contribution in [0.1, 0.15) is 23.2 Å².